The van der Waals surface area contributed by atoms with Crippen LogP contribution in [-0.2, 0) is 9.59 Å². The summed E-state index contributed by atoms with van der Waals surface area (Å²) in [5, 5.41) is 14.2. The molecule has 3 N–H and O–H groups in total. The Balaban J connectivity index is 2.46. The van der Waals surface area contributed by atoms with Gasteiger partial charge >= 0.3 is 5.97 Å². The average Bonchev–Trinajstić information content (AvgIpc) is 2.45. The van der Waals surface area contributed by atoms with Crippen molar-refractivity contribution in [1.29, 1.82) is 0 Å². The van der Waals surface area contributed by atoms with E-state index in [0.29, 0.717) is 23.4 Å². The van der Waals surface area contributed by atoms with Gasteiger partial charge in [-0.25, -0.2) is 4.79 Å². The van der Waals surface area contributed by atoms with E-state index < -0.39 is 23.8 Å². The molecule has 0 aromatic heterocycles. The van der Waals surface area contributed by atoms with Crippen molar-refractivity contribution in [1.82, 2.24) is 10.6 Å². The lowest BCUT2D eigenvalue weighted by Crippen LogP contribution is -2.45. The number of carboxylic acid groups (broad SMARTS) is 1. The predicted octanol–water partition coefficient (Wildman–Crippen LogP) is 1.44. The van der Waals surface area contributed by atoms with E-state index in [-0.39, 0.29) is 6.54 Å². The third-order valence-corrected chi connectivity index (χ3v) is 2.98. The van der Waals surface area contributed by atoms with Crippen LogP contribution in [0.1, 0.15) is 30.1 Å². The molecule has 1 atom stereocenters. The summed E-state index contributed by atoms with van der Waals surface area (Å²) in [4.78, 5) is 34.3. The summed E-state index contributed by atoms with van der Waals surface area (Å²) in [6, 6.07) is 5.27. The number of carbonyl (C=O) groups excluding carboxylic acids is 2. The highest BCUT2D eigenvalue weighted by Crippen LogP contribution is 2.09. The van der Waals surface area contributed by atoms with Gasteiger partial charge in [0.15, 0.2) is 0 Å². The molecule has 21 heavy (non-hydrogen) atoms. The number of hydrogen-bond donors (Lipinski definition) is 3. The lowest BCUT2D eigenvalue weighted by Gasteiger charge is -2.13. The van der Waals surface area contributed by atoms with Crippen molar-refractivity contribution in [3.63, 3.8) is 0 Å². The molecule has 0 aliphatic rings. The van der Waals surface area contributed by atoms with Crippen LogP contribution in [0.3, 0.4) is 0 Å². The van der Waals surface area contributed by atoms with E-state index in [4.69, 9.17) is 16.7 Å². The van der Waals surface area contributed by atoms with Gasteiger partial charge in [0, 0.05) is 10.6 Å². The second kappa shape index (κ2) is 8.26. The molecule has 6 nitrogen and oxygen atoms in total. The molecule has 0 heterocycles. The van der Waals surface area contributed by atoms with E-state index in [1.807, 2.05) is 6.92 Å². The van der Waals surface area contributed by atoms with Crippen LogP contribution in [0.2, 0.25) is 5.02 Å². The van der Waals surface area contributed by atoms with E-state index in [9.17, 15) is 14.4 Å². The lowest BCUT2D eigenvalue weighted by molar-refractivity contribution is -0.141. The molecule has 7 heteroatoms. The molecular formula is C14H17ClN2O4. The Hall–Kier alpha value is -2.08. The first-order chi connectivity index (χ1) is 9.93. The molecular weight excluding hydrogens is 296 g/mol. The number of carbonyl (C=O) groups is 3. The summed E-state index contributed by atoms with van der Waals surface area (Å²) in [7, 11) is 0. The van der Waals surface area contributed by atoms with Crippen LogP contribution in [0.15, 0.2) is 24.3 Å². The molecule has 1 aromatic carbocycles. The van der Waals surface area contributed by atoms with Gasteiger partial charge in [-0.1, -0.05) is 24.9 Å². The van der Waals surface area contributed by atoms with Crippen molar-refractivity contribution in [2.75, 3.05) is 6.54 Å². The molecule has 1 aromatic rings. The fourth-order valence-electron chi connectivity index (χ4n) is 1.66. The molecule has 2 amide bonds. The smallest absolute Gasteiger partial charge is 0.326 e. The quantitative estimate of drug-likeness (QED) is 0.710. The largest absolute Gasteiger partial charge is 0.480 e. The minimum Gasteiger partial charge on any atom is -0.480 e. The summed E-state index contributed by atoms with van der Waals surface area (Å²) in [6.07, 6.45) is 0.973. The summed E-state index contributed by atoms with van der Waals surface area (Å²) >= 11 is 5.71. The molecule has 0 saturated heterocycles. The van der Waals surface area contributed by atoms with Crippen LogP contribution in [0.4, 0.5) is 0 Å². The van der Waals surface area contributed by atoms with E-state index in [0.717, 1.165) is 0 Å². The molecule has 0 spiro atoms. The van der Waals surface area contributed by atoms with Crippen molar-refractivity contribution in [3.8, 4) is 0 Å². The Labute approximate surface area is 127 Å². The standard InChI is InChI=1S/C14H17ClN2O4/c1-2-3-11(14(20)21)17-12(18)8-16-13(19)9-4-6-10(15)7-5-9/h4-7,11H,2-3,8H2,1H3,(H,16,19)(H,17,18)(H,20,21)/t11-/m1/s1. The van der Waals surface area contributed by atoms with Crippen LogP contribution in [0, 0.1) is 0 Å². The summed E-state index contributed by atoms with van der Waals surface area (Å²) in [5.74, 6) is -2.06. The summed E-state index contributed by atoms with van der Waals surface area (Å²) < 4.78 is 0. The number of halogens is 1. The Bertz CT molecular complexity index is 516. The number of nitrogens with one attached hydrogen (secondary N) is 2. The number of aliphatic carboxylic acids is 1. The first-order valence-electron chi connectivity index (χ1n) is 6.50. The zero-order valence-corrected chi connectivity index (χ0v) is 12.3. The average molecular weight is 313 g/mol. The van der Waals surface area contributed by atoms with Gasteiger partial charge in [-0.3, -0.25) is 9.59 Å². The van der Waals surface area contributed by atoms with Gasteiger partial charge in [-0.15, -0.1) is 0 Å². The zero-order chi connectivity index (χ0) is 15.8. The number of benzene rings is 1. The van der Waals surface area contributed by atoms with Crippen molar-refractivity contribution in [3.05, 3.63) is 34.9 Å². The number of carboxylic acids is 1. The summed E-state index contributed by atoms with van der Waals surface area (Å²) in [5.41, 5.74) is 0.371. The molecule has 0 saturated carbocycles. The van der Waals surface area contributed by atoms with E-state index >= 15 is 0 Å². The molecule has 1 rings (SSSR count). The Morgan fingerprint density at radius 3 is 2.38 bits per heavy atom. The van der Waals surface area contributed by atoms with Crippen molar-refractivity contribution in [2.24, 2.45) is 0 Å². The normalized spacial score (nSPS) is 11.5. The molecule has 0 bridgehead atoms. The second-order valence-electron chi connectivity index (χ2n) is 4.44. The predicted molar refractivity (Wildman–Crippen MR) is 78.3 cm³/mol. The van der Waals surface area contributed by atoms with Gasteiger partial charge in [0.05, 0.1) is 6.54 Å². The van der Waals surface area contributed by atoms with Gasteiger partial charge in [0.25, 0.3) is 5.91 Å². The van der Waals surface area contributed by atoms with E-state index in [1.54, 1.807) is 12.1 Å². The SMILES string of the molecule is CCC[C@@H](NC(=O)CNC(=O)c1ccc(Cl)cc1)C(=O)O. The maximum Gasteiger partial charge on any atom is 0.326 e. The first kappa shape index (κ1) is 17.0. The maximum atomic E-state index is 11.8. The monoisotopic (exact) mass is 312 g/mol. The lowest BCUT2D eigenvalue weighted by atomic mass is 10.1. The highest BCUT2D eigenvalue weighted by atomic mass is 35.5. The van der Waals surface area contributed by atoms with Crippen LogP contribution in [0.5, 0.6) is 0 Å². The van der Waals surface area contributed by atoms with Crippen LogP contribution < -0.4 is 10.6 Å². The van der Waals surface area contributed by atoms with Crippen molar-refractivity contribution < 1.29 is 19.5 Å². The third-order valence-electron chi connectivity index (χ3n) is 2.73. The topological polar surface area (TPSA) is 95.5 Å². The molecule has 0 aliphatic heterocycles. The second-order valence-corrected chi connectivity index (χ2v) is 4.87. The van der Waals surface area contributed by atoms with Gasteiger partial charge < -0.3 is 15.7 Å². The molecule has 0 radical (unpaired) electrons. The summed E-state index contributed by atoms with van der Waals surface area (Å²) in [6.45, 7) is 1.54. The minimum atomic E-state index is -1.09. The first-order valence-corrected chi connectivity index (χ1v) is 6.87. The fraction of sp³-hybridized carbons (Fsp3) is 0.357. The third kappa shape index (κ3) is 5.83. The molecule has 0 fully saturated rings. The fourth-order valence-corrected chi connectivity index (χ4v) is 1.78. The van der Waals surface area contributed by atoms with Gasteiger partial charge in [-0.2, -0.15) is 0 Å². The molecule has 0 aliphatic carbocycles. The van der Waals surface area contributed by atoms with E-state index in [1.165, 1.54) is 12.1 Å². The minimum absolute atomic E-state index is 0.283. The van der Waals surface area contributed by atoms with Gasteiger partial charge in [-0.05, 0) is 30.7 Å². The Morgan fingerprint density at radius 1 is 1.24 bits per heavy atom. The van der Waals surface area contributed by atoms with Gasteiger partial charge in [0.1, 0.15) is 6.04 Å². The van der Waals surface area contributed by atoms with Crippen LogP contribution >= 0.6 is 11.6 Å². The highest BCUT2D eigenvalue weighted by Gasteiger charge is 2.18. The molecule has 0 unspecified atom stereocenters. The van der Waals surface area contributed by atoms with Crippen molar-refractivity contribution in [2.45, 2.75) is 25.8 Å². The zero-order valence-electron chi connectivity index (χ0n) is 11.6. The number of hydrogen-bond acceptors (Lipinski definition) is 3. The number of amides is 2. The highest BCUT2D eigenvalue weighted by molar-refractivity contribution is 6.30. The maximum absolute atomic E-state index is 11.8. The Kier molecular flexibility index (Phi) is 6.68. The van der Waals surface area contributed by atoms with Crippen LogP contribution in [-0.4, -0.2) is 35.5 Å². The van der Waals surface area contributed by atoms with E-state index in [2.05, 4.69) is 10.6 Å². The molecule has 114 valence electrons. The van der Waals surface area contributed by atoms with Crippen LogP contribution in [0.25, 0.3) is 0 Å². The Morgan fingerprint density at radius 2 is 1.86 bits per heavy atom. The number of rotatable bonds is 7. The van der Waals surface area contributed by atoms with Crippen molar-refractivity contribution >= 4 is 29.4 Å². The van der Waals surface area contributed by atoms with Gasteiger partial charge in [0.2, 0.25) is 5.91 Å².